The minimum absolute atomic E-state index is 0.207. The molecule has 0 spiro atoms. The van der Waals surface area contributed by atoms with Gasteiger partial charge in [0.25, 0.3) is 0 Å². The molecule has 46 heavy (non-hydrogen) atoms. The molecule has 8 aromatic rings. The van der Waals surface area contributed by atoms with Crippen LogP contribution in [-0.2, 0) is 5.41 Å². The number of benzene rings is 6. The summed E-state index contributed by atoms with van der Waals surface area (Å²) in [5.41, 5.74) is 10.3. The Labute approximate surface area is 266 Å². The Morgan fingerprint density at radius 2 is 1.17 bits per heavy atom. The van der Waals surface area contributed by atoms with Gasteiger partial charge in [-0.15, -0.1) is 0 Å². The van der Waals surface area contributed by atoms with Crippen LogP contribution in [0, 0.1) is 0 Å². The van der Waals surface area contributed by atoms with Crippen LogP contribution in [0.1, 0.15) is 22.4 Å². The molecule has 0 saturated carbocycles. The lowest BCUT2D eigenvalue weighted by molar-refractivity contribution is 0.477. The number of fused-ring (bicyclic) bond motifs is 5. The van der Waals surface area contributed by atoms with Gasteiger partial charge in [-0.2, -0.15) is 0 Å². The highest BCUT2D eigenvalue weighted by Crippen LogP contribution is 2.56. The van der Waals surface area contributed by atoms with Crippen molar-refractivity contribution < 1.29 is 5.11 Å². The Morgan fingerprint density at radius 1 is 0.522 bits per heavy atom. The van der Waals surface area contributed by atoms with Gasteiger partial charge in [0.05, 0.1) is 28.0 Å². The van der Waals surface area contributed by atoms with Crippen molar-refractivity contribution >= 4 is 21.7 Å². The first-order valence-corrected chi connectivity index (χ1v) is 15.4. The molecule has 0 aliphatic heterocycles. The summed E-state index contributed by atoms with van der Waals surface area (Å²) in [5, 5.41) is 14.1. The second-order valence-electron chi connectivity index (χ2n) is 11.8. The first-order valence-electron chi connectivity index (χ1n) is 15.4. The molecule has 0 radical (unpaired) electrons. The molecule has 0 unspecified atom stereocenters. The number of rotatable bonds is 4. The van der Waals surface area contributed by atoms with E-state index in [9.17, 15) is 5.11 Å². The van der Waals surface area contributed by atoms with Crippen molar-refractivity contribution in [2.24, 2.45) is 0 Å². The molecular weight excluding hydrogens is 562 g/mol. The first-order chi connectivity index (χ1) is 22.7. The van der Waals surface area contributed by atoms with Gasteiger partial charge < -0.3 is 5.11 Å². The highest BCUT2D eigenvalue weighted by molar-refractivity contribution is 6.02. The highest BCUT2D eigenvalue weighted by atomic mass is 16.3. The summed E-state index contributed by atoms with van der Waals surface area (Å²) in [5.74, 6) is 0.207. The smallest absolute Gasteiger partial charge is 0.124 e. The van der Waals surface area contributed by atoms with Crippen LogP contribution in [0.15, 0.2) is 158 Å². The highest BCUT2D eigenvalue weighted by Gasteiger charge is 2.47. The third-order valence-corrected chi connectivity index (χ3v) is 9.34. The van der Waals surface area contributed by atoms with E-state index in [4.69, 9.17) is 9.97 Å². The molecule has 1 aliphatic carbocycles. The number of nitrogens with zero attached hydrogens (tertiary/aromatic N) is 3. The van der Waals surface area contributed by atoms with E-state index in [-0.39, 0.29) is 5.75 Å². The van der Waals surface area contributed by atoms with Crippen LogP contribution in [-0.4, -0.2) is 20.1 Å². The molecule has 1 aliphatic rings. The van der Waals surface area contributed by atoms with E-state index in [1.165, 1.54) is 22.3 Å². The predicted octanol–water partition coefficient (Wildman–Crippen LogP) is 9.58. The van der Waals surface area contributed by atoms with E-state index >= 15 is 0 Å². The normalized spacial score (nSPS) is 13.0. The fourth-order valence-corrected chi connectivity index (χ4v) is 7.33. The van der Waals surface area contributed by atoms with Crippen molar-refractivity contribution in [3.63, 3.8) is 0 Å². The van der Waals surface area contributed by atoms with E-state index in [1.54, 1.807) is 12.4 Å². The average Bonchev–Trinajstić information content (AvgIpc) is 3.42. The number of aromatic hydroxyl groups is 1. The third-order valence-electron chi connectivity index (χ3n) is 9.34. The van der Waals surface area contributed by atoms with Crippen molar-refractivity contribution in [2.45, 2.75) is 5.41 Å². The van der Waals surface area contributed by atoms with Crippen molar-refractivity contribution in [1.82, 2.24) is 15.0 Å². The van der Waals surface area contributed by atoms with Crippen LogP contribution in [0.25, 0.3) is 55.3 Å². The molecule has 4 nitrogen and oxygen atoms in total. The number of phenols is 1. The maximum absolute atomic E-state index is 10.8. The second-order valence-corrected chi connectivity index (χ2v) is 11.8. The molecule has 4 heteroatoms. The molecule has 2 heterocycles. The maximum Gasteiger partial charge on any atom is 0.124 e. The molecule has 216 valence electrons. The van der Waals surface area contributed by atoms with Gasteiger partial charge in [0, 0.05) is 16.5 Å². The SMILES string of the molecule is Oc1ccccc1-c1cccc(C2(c3cccc(-c4ncnc5cc6ccccc6cc45)c3)c3ccccc3-c3ccccc32)n1. The van der Waals surface area contributed by atoms with Gasteiger partial charge in [-0.05, 0) is 81.1 Å². The van der Waals surface area contributed by atoms with Crippen LogP contribution >= 0.6 is 0 Å². The lowest BCUT2D eigenvalue weighted by atomic mass is 9.69. The first kappa shape index (κ1) is 26.3. The summed E-state index contributed by atoms with van der Waals surface area (Å²) in [7, 11) is 0. The van der Waals surface area contributed by atoms with Gasteiger partial charge >= 0.3 is 0 Å². The van der Waals surface area contributed by atoms with Crippen LogP contribution in [0.2, 0.25) is 0 Å². The summed E-state index contributed by atoms with van der Waals surface area (Å²) < 4.78 is 0. The summed E-state index contributed by atoms with van der Waals surface area (Å²) >= 11 is 0. The Bertz CT molecular complexity index is 2420. The number of pyridine rings is 1. The molecule has 0 amide bonds. The molecule has 0 atom stereocenters. The Balaban J connectivity index is 1.33. The molecule has 9 rings (SSSR count). The predicted molar refractivity (Wildman–Crippen MR) is 185 cm³/mol. The molecule has 0 bridgehead atoms. The summed E-state index contributed by atoms with van der Waals surface area (Å²) in [6, 6.07) is 52.2. The standard InChI is InChI=1S/C42H27N3O/c46-39-21-8-5-17-33(39)37-20-10-22-40(45-37)42(35-18-6-3-15-31(35)32-16-4-7-19-36(32)42)30-14-9-13-29(23-30)41-34-24-27-11-1-2-12-28(27)25-38(34)43-26-44-41/h1-26,46H. The van der Waals surface area contributed by atoms with E-state index in [1.807, 2.05) is 30.3 Å². The quantitative estimate of drug-likeness (QED) is 0.208. The Hall–Kier alpha value is -6.13. The fourth-order valence-electron chi connectivity index (χ4n) is 7.33. The zero-order valence-electron chi connectivity index (χ0n) is 24.8. The number of hydrogen-bond acceptors (Lipinski definition) is 4. The lowest BCUT2D eigenvalue weighted by Crippen LogP contribution is -2.30. The van der Waals surface area contributed by atoms with Crippen LogP contribution < -0.4 is 0 Å². The maximum atomic E-state index is 10.8. The van der Waals surface area contributed by atoms with Crippen LogP contribution in [0.3, 0.4) is 0 Å². The average molecular weight is 590 g/mol. The van der Waals surface area contributed by atoms with Gasteiger partial charge in [-0.25, -0.2) is 9.97 Å². The molecule has 1 N–H and O–H groups in total. The van der Waals surface area contributed by atoms with Gasteiger partial charge in [0.15, 0.2) is 0 Å². The molecule has 6 aromatic carbocycles. The fraction of sp³-hybridized carbons (Fsp3) is 0.0238. The topological polar surface area (TPSA) is 58.9 Å². The van der Waals surface area contributed by atoms with Gasteiger partial charge in [0.1, 0.15) is 12.1 Å². The summed E-state index contributed by atoms with van der Waals surface area (Å²) in [6.07, 6.45) is 1.66. The van der Waals surface area contributed by atoms with Crippen LogP contribution in [0.4, 0.5) is 0 Å². The van der Waals surface area contributed by atoms with Crippen molar-refractivity contribution in [3.8, 4) is 39.4 Å². The summed E-state index contributed by atoms with van der Waals surface area (Å²) in [6.45, 7) is 0. The monoisotopic (exact) mass is 589 g/mol. The third kappa shape index (κ3) is 3.83. The van der Waals surface area contributed by atoms with E-state index in [0.29, 0.717) is 5.56 Å². The van der Waals surface area contributed by atoms with Crippen molar-refractivity contribution in [3.05, 3.63) is 180 Å². The molecule has 0 fully saturated rings. The molecule has 0 saturated heterocycles. The summed E-state index contributed by atoms with van der Waals surface area (Å²) in [4.78, 5) is 14.8. The number of phenolic OH excluding ortho intramolecular Hbond substituents is 1. The molecule has 2 aromatic heterocycles. The van der Waals surface area contributed by atoms with Crippen molar-refractivity contribution in [1.29, 1.82) is 0 Å². The zero-order chi connectivity index (χ0) is 30.7. The zero-order valence-corrected chi connectivity index (χ0v) is 24.8. The van der Waals surface area contributed by atoms with Crippen molar-refractivity contribution in [2.75, 3.05) is 0 Å². The Kier molecular flexibility index (Phi) is 5.84. The minimum atomic E-state index is -0.709. The second kappa shape index (κ2) is 10.2. The number of hydrogen-bond donors (Lipinski definition) is 1. The number of aromatic nitrogens is 3. The van der Waals surface area contributed by atoms with Crippen LogP contribution in [0.5, 0.6) is 5.75 Å². The van der Waals surface area contributed by atoms with Gasteiger partial charge in [-0.3, -0.25) is 4.98 Å². The largest absolute Gasteiger partial charge is 0.507 e. The number of para-hydroxylation sites is 1. The van der Waals surface area contributed by atoms with Gasteiger partial charge in [0.2, 0.25) is 0 Å². The van der Waals surface area contributed by atoms with E-state index < -0.39 is 5.41 Å². The van der Waals surface area contributed by atoms with Gasteiger partial charge in [-0.1, -0.05) is 109 Å². The van der Waals surface area contributed by atoms with E-state index in [2.05, 4.69) is 120 Å². The van der Waals surface area contributed by atoms with E-state index in [0.717, 1.165) is 49.9 Å². The Morgan fingerprint density at radius 3 is 1.93 bits per heavy atom. The minimum Gasteiger partial charge on any atom is -0.507 e. The lowest BCUT2D eigenvalue weighted by Gasteiger charge is -2.33. The molecular formula is C42H27N3O.